The van der Waals surface area contributed by atoms with Gasteiger partial charge in [-0.05, 0) is 35.7 Å². The van der Waals surface area contributed by atoms with Gasteiger partial charge in [-0.25, -0.2) is 0 Å². The minimum Gasteiger partial charge on any atom is -0.496 e. The zero-order valence-electron chi connectivity index (χ0n) is 12.9. The van der Waals surface area contributed by atoms with Crippen LogP contribution in [0.15, 0.2) is 42.5 Å². The number of rotatable bonds is 3. The Balaban J connectivity index is 2.51. The molecule has 0 saturated heterocycles. The normalized spacial score (nSPS) is 11.2. The van der Waals surface area contributed by atoms with Crippen molar-refractivity contribution >= 4 is 11.5 Å². The third-order valence-electron chi connectivity index (χ3n) is 3.48. The molecular formula is C18H21NO2. The summed E-state index contributed by atoms with van der Waals surface area (Å²) in [6.07, 6.45) is 0. The van der Waals surface area contributed by atoms with Gasteiger partial charge in [0.1, 0.15) is 5.75 Å². The van der Waals surface area contributed by atoms with Crippen LogP contribution in [0.1, 0.15) is 42.3 Å². The predicted octanol–water partition coefficient (Wildman–Crippen LogP) is 3.81. The molecule has 110 valence electrons. The van der Waals surface area contributed by atoms with Crippen molar-refractivity contribution in [1.82, 2.24) is 0 Å². The molecule has 0 aliphatic heterocycles. The van der Waals surface area contributed by atoms with Crippen LogP contribution in [-0.2, 0) is 5.41 Å². The Bertz CT molecular complexity index is 669. The van der Waals surface area contributed by atoms with Crippen LogP contribution in [0.2, 0.25) is 0 Å². The number of hydrogen-bond donors (Lipinski definition) is 1. The van der Waals surface area contributed by atoms with Gasteiger partial charge in [-0.3, -0.25) is 4.79 Å². The van der Waals surface area contributed by atoms with Crippen molar-refractivity contribution in [2.45, 2.75) is 26.2 Å². The summed E-state index contributed by atoms with van der Waals surface area (Å²) in [7, 11) is 1.64. The summed E-state index contributed by atoms with van der Waals surface area (Å²) in [5, 5.41) is 0. The second-order valence-corrected chi connectivity index (χ2v) is 6.08. The maximum atomic E-state index is 12.6. The molecule has 0 saturated carbocycles. The summed E-state index contributed by atoms with van der Waals surface area (Å²) in [5.74, 6) is 0.723. The van der Waals surface area contributed by atoms with Gasteiger partial charge in [0.05, 0.1) is 7.11 Å². The minimum absolute atomic E-state index is 0.0683. The van der Waals surface area contributed by atoms with Gasteiger partial charge in [0.25, 0.3) is 0 Å². The summed E-state index contributed by atoms with van der Waals surface area (Å²) in [5.41, 5.74) is 8.44. The van der Waals surface area contributed by atoms with Crippen molar-refractivity contribution < 1.29 is 9.53 Å². The van der Waals surface area contributed by atoms with E-state index in [1.54, 1.807) is 25.3 Å². The number of carbonyl (C=O) groups excluding carboxylic acids is 1. The molecule has 0 aliphatic carbocycles. The molecule has 3 heteroatoms. The third kappa shape index (κ3) is 3.07. The molecule has 21 heavy (non-hydrogen) atoms. The van der Waals surface area contributed by atoms with Crippen molar-refractivity contribution in [3.63, 3.8) is 0 Å². The molecule has 0 unspecified atom stereocenters. The molecule has 0 aromatic heterocycles. The fourth-order valence-corrected chi connectivity index (χ4v) is 2.29. The van der Waals surface area contributed by atoms with E-state index in [4.69, 9.17) is 10.5 Å². The molecule has 0 bridgehead atoms. The van der Waals surface area contributed by atoms with Gasteiger partial charge in [0.15, 0.2) is 5.78 Å². The topological polar surface area (TPSA) is 52.3 Å². The number of anilines is 1. The van der Waals surface area contributed by atoms with E-state index in [-0.39, 0.29) is 11.2 Å². The lowest BCUT2D eigenvalue weighted by Gasteiger charge is -2.22. The number of nitrogen functional groups attached to an aromatic ring is 1. The Morgan fingerprint density at radius 2 is 1.76 bits per heavy atom. The van der Waals surface area contributed by atoms with Crippen LogP contribution >= 0.6 is 0 Å². The lowest BCUT2D eigenvalue weighted by atomic mass is 9.84. The van der Waals surface area contributed by atoms with E-state index in [9.17, 15) is 4.79 Å². The first-order valence-corrected chi connectivity index (χ1v) is 6.92. The standard InChI is InChI=1S/C18H21NO2/c1-18(2,3)14-11-12(9-10-16(14)21-4)17(20)13-7-5-6-8-15(13)19/h5-11H,19H2,1-4H3. The van der Waals surface area contributed by atoms with Gasteiger partial charge < -0.3 is 10.5 Å². The van der Waals surface area contributed by atoms with Crippen LogP contribution in [0.25, 0.3) is 0 Å². The van der Waals surface area contributed by atoms with Crippen molar-refractivity contribution in [3.05, 3.63) is 59.2 Å². The Morgan fingerprint density at radius 3 is 2.33 bits per heavy atom. The number of ketones is 1. The molecule has 3 nitrogen and oxygen atoms in total. The number of para-hydroxylation sites is 1. The van der Waals surface area contributed by atoms with Crippen LogP contribution in [0.5, 0.6) is 5.75 Å². The summed E-state index contributed by atoms with van der Waals surface area (Å²) >= 11 is 0. The van der Waals surface area contributed by atoms with E-state index >= 15 is 0 Å². The van der Waals surface area contributed by atoms with Gasteiger partial charge in [0, 0.05) is 22.4 Å². The molecule has 2 aromatic rings. The highest BCUT2D eigenvalue weighted by Gasteiger charge is 2.21. The second kappa shape index (κ2) is 5.60. The average molecular weight is 283 g/mol. The molecule has 0 aliphatic rings. The first kappa shape index (κ1) is 15.1. The molecule has 0 spiro atoms. The number of methoxy groups -OCH3 is 1. The highest BCUT2D eigenvalue weighted by molar-refractivity contribution is 6.12. The molecule has 2 rings (SSSR count). The number of carbonyl (C=O) groups is 1. The fraction of sp³-hybridized carbons (Fsp3) is 0.278. The average Bonchev–Trinajstić information content (AvgIpc) is 2.45. The number of nitrogens with two attached hydrogens (primary N) is 1. The third-order valence-corrected chi connectivity index (χ3v) is 3.48. The second-order valence-electron chi connectivity index (χ2n) is 6.08. The zero-order valence-corrected chi connectivity index (χ0v) is 12.9. The zero-order chi connectivity index (χ0) is 15.6. The molecule has 0 amide bonds. The SMILES string of the molecule is COc1ccc(C(=O)c2ccccc2N)cc1C(C)(C)C. The summed E-state index contributed by atoms with van der Waals surface area (Å²) < 4.78 is 5.40. The fourth-order valence-electron chi connectivity index (χ4n) is 2.29. The van der Waals surface area contributed by atoms with E-state index in [0.717, 1.165) is 11.3 Å². The number of ether oxygens (including phenoxy) is 1. The van der Waals surface area contributed by atoms with Crippen molar-refractivity contribution in [2.75, 3.05) is 12.8 Å². The van der Waals surface area contributed by atoms with E-state index in [1.807, 2.05) is 24.3 Å². The van der Waals surface area contributed by atoms with E-state index in [1.165, 1.54) is 0 Å². The maximum Gasteiger partial charge on any atom is 0.195 e. The van der Waals surface area contributed by atoms with Gasteiger partial charge in [-0.2, -0.15) is 0 Å². The van der Waals surface area contributed by atoms with Crippen molar-refractivity contribution in [3.8, 4) is 5.75 Å². The molecule has 0 atom stereocenters. The summed E-state index contributed by atoms with van der Waals surface area (Å²) in [6, 6.07) is 12.6. The van der Waals surface area contributed by atoms with Crippen LogP contribution in [0, 0.1) is 0 Å². The van der Waals surface area contributed by atoms with Gasteiger partial charge in [0.2, 0.25) is 0 Å². The smallest absolute Gasteiger partial charge is 0.195 e. The first-order valence-electron chi connectivity index (χ1n) is 6.92. The molecule has 0 fully saturated rings. The lowest BCUT2D eigenvalue weighted by Crippen LogP contribution is -2.14. The highest BCUT2D eigenvalue weighted by atomic mass is 16.5. The maximum absolute atomic E-state index is 12.6. The monoisotopic (exact) mass is 283 g/mol. The molecule has 2 N–H and O–H groups in total. The van der Waals surface area contributed by atoms with Crippen molar-refractivity contribution in [1.29, 1.82) is 0 Å². The van der Waals surface area contributed by atoms with Crippen molar-refractivity contribution in [2.24, 2.45) is 0 Å². The molecular weight excluding hydrogens is 262 g/mol. The van der Waals surface area contributed by atoms with Crippen LogP contribution in [0.4, 0.5) is 5.69 Å². The van der Waals surface area contributed by atoms with Crippen LogP contribution in [0.3, 0.4) is 0 Å². The Kier molecular flexibility index (Phi) is 4.03. The van der Waals surface area contributed by atoms with Gasteiger partial charge in [-0.15, -0.1) is 0 Å². The first-order chi connectivity index (χ1) is 9.84. The quantitative estimate of drug-likeness (QED) is 0.688. The molecule has 0 radical (unpaired) electrons. The Labute approximate surface area is 125 Å². The highest BCUT2D eigenvalue weighted by Crippen LogP contribution is 2.32. The summed E-state index contributed by atoms with van der Waals surface area (Å²) in [4.78, 5) is 12.6. The Morgan fingerprint density at radius 1 is 1.10 bits per heavy atom. The van der Waals surface area contributed by atoms with E-state index in [0.29, 0.717) is 16.8 Å². The van der Waals surface area contributed by atoms with E-state index < -0.39 is 0 Å². The van der Waals surface area contributed by atoms with Gasteiger partial charge >= 0.3 is 0 Å². The van der Waals surface area contributed by atoms with Crippen LogP contribution in [-0.4, -0.2) is 12.9 Å². The largest absolute Gasteiger partial charge is 0.496 e. The number of benzene rings is 2. The Hall–Kier alpha value is -2.29. The van der Waals surface area contributed by atoms with Crippen LogP contribution < -0.4 is 10.5 Å². The lowest BCUT2D eigenvalue weighted by molar-refractivity contribution is 0.103. The minimum atomic E-state index is -0.107. The summed E-state index contributed by atoms with van der Waals surface area (Å²) in [6.45, 7) is 6.28. The van der Waals surface area contributed by atoms with Gasteiger partial charge in [-0.1, -0.05) is 32.9 Å². The molecule has 0 heterocycles. The van der Waals surface area contributed by atoms with E-state index in [2.05, 4.69) is 20.8 Å². The molecule has 2 aromatic carbocycles. The number of hydrogen-bond acceptors (Lipinski definition) is 3. The predicted molar refractivity (Wildman–Crippen MR) is 86.0 cm³/mol.